The van der Waals surface area contributed by atoms with Crippen LogP contribution in [0.3, 0.4) is 0 Å². The number of rotatable bonds is 7. The minimum Gasteiger partial charge on any atom is -0.405 e. The number of halogens is 3. The van der Waals surface area contributed by atoms with Gasteiger partial charge in [0.15, 0.2) is 0 Å². The Hall–Kier alpha value is -1.23. The molecule has 1 aromatic carbocycles. The van der Waals surface area contributed by atoms with Gasteiger partial charge in [-0.05, 0) is 43.9 Å². The molecule has 0 amide bonds. The van der Waals surface area contributed by atoms with Gasteiger partial charge in [-0.15, -0.1) is 13.2 Å². The topological polar surface area (TPSA) is 21.3 Å². The lowest BCUT2D eigenvalue weighted by Gasteiger charge is -2.21. The summed E-state index contributed by atoms with van der Waals surface area (Å²) in [6, 6.07) is 6.60. The van der Waals surface area contributed by atoms with E-state index in [-0.39, 0.29) is 17.7 Å². The Bertz CT molecular complexity index is 406. The monoisotopic (exact) mass is 289 g/mol. The predicted molar refractivity (Wildman–Crippen MR) is 73.9 cm³/mol. The van der Waals surface area contributed by atoms with Gasteiger partial charge in [-0.3, -0.25) is 0 Å². The minimum absolute atomic E-state index is 0.00657. The Morgan fingerprint density at radius 2 is 1.85 bits per heavy atom. The number of alkyl halides is 3. The van der Waals surface area contributed by atoms with E-state index in [1.165, 1.54) is 6.07 Å². The summed E-state index contributed by atoms with van der Waals surface area (Å²) < 4.78 is 41.2. The SMILES string of the molecule is CCCNC(C)CC(C)c1ccccc1OC(F)(F)F. The Morgan fingerprint density at radius 1 is 1.20 bits per heavy atom. The summed E-state index contributed by atoms with van der Waals surface area (Å²) in [6.45, 7) is 6.95. The summed E-state index contributed by atoms with van der Waals surface area (Å²) in [4.78, 5) is 0. The van der Waals surface area contributed by atoms with Crippen molar-refractivity contribution in [2.75, 3.05) is 6.54 Å². The molecule has 0 spiro atoms. The maximum atomic E-state index is 12.4. The Labute approximate surface area is 118 Å². The number of hydrogen-bond donors (Lipinski definition) is 1. The van der Waals surface area contributed by atoms with Crippen LogP contribution in [0.15, 0.2) is 24.3 Å². The van der Waals surface area contributed by atoms with Crippen LogP contribution in [0.1, 0.15) is 45.1 Å². The number of nitrogens with one attached hydrogen (secondary N) is 1. The van der Waals surface area contributed by atoms with Crippen LogP contribution >= 0.6 is 0 Å². The minimum atomic E-state index is -4.65. The second kappa shape index (κ2) is 7.53. The number of para-hydroxylation sites is 1. The molecule has 0 aliphatic carbocycles. The first-order valence-electron chi connectivity index (χ1n) is 6.91. The fourth-order valence-electron chi connectivity index (χ4n) is 2.24. The molecule has 1 aromatic rings. The first-order chi connectivity index (χ1) is 9.33. The average Bonchev–Trinajstić information content (AvgIpc) is 2.35. The van der Waals surface area contributed by atoms with Gasteiger partial charge in [0.05, 0.1) is 0 Å². The van der Waals surface area contributed by atoms with Crippen LogP contribution in [0.25, 0.3) is 0 Å². The molecule has 2 atom stereocenters. The highest BCUT2D eigenvalue weighted by molar-refractivity contribution is 5.36. The van der Waals surface area contributed by atoms with Gasteiger partial charge in [0.2, 0.25) is 0 Å². The van der Waals surface area contributed by atoms with E-state index in [4.69, 9.17) is 0 Å². The quantitative estimate of drug-likeness (QED) is 0.799. The van der Waals surface area contributed by atoms with Gasteiger partial charge < -0.3 is 10.1 Å². The third-order valence-corrected chi connectivity index (χ3v) is 3.13. The van der Waals surface area contributed by atoms with Gasteiger partial charge in [-0.1, -0.05) is 32.0 Å². The fraction of sp³-hybridized carbons (Fsp3) is 0.600. The highest BCUT2D eigenvalue weighted by Gasteiger charge is 2.32. The van der Waals surface area contributed by atoms with Crippen LogP contribution in [-0.4, -0.2) is 18.9 Å². The summed E-state index contributed by atoms with van der Waals surface area (Å²) in [6.07, 6.45) is -2.85. The second-order valence-corrected chi connectivity index (χ2v) is 5.08. The highest BCUT2D eigenvalue weighted by atomic mass is 19.4. The third kappa shape index (κ3) is 5.82. The summed E-state index contributed by atoms with van der Waals surface area (Å²) in [5.74, 6) is -0.108. The van der Waals surface area contributed by atoms with Gasteiger partial charge in [-0.25, -0.2) is 0 Å². The maximum absolute atomic E-state index is 12.4. The molecule has 5 heteroatoms. The van der Waals surface area contributed by atoms with E-state index in [0.717, 1.165) is 19.4 Å². The molecule has 0 saturated heterocycles. The van der Waals surface area contributed by atoms with E-state index in [1.54, 1.807) is 18.2 Å². The van der Waals surface area contributed by atoms with Crippen LogP contribution in [0, 0.1) is 0 Å². The van der Waals surface area contributed by atoms with E-state index in [1.807, 2.05) is 13.8 Å². The van der Waals surface area contributed by atoms with Gasteiger partial charge >= 0.3 is 6.36 Å². The molecule has 1 rings (SSSR count). The molecule has 0 aromatic heterocycles. The van der Waals surface area contributed by atoms with E-state index >= 15 is 0 Å². The van der Waals surface area contributed by atoms with Crippen molar-refractivity contribution >= 4 is 0 Å². The lowest BCUT2D eigenvalue weighted by molar-refractivity contribution is -0.275. The highest BCUT2D eigenvalue weighted by Crippen LogP contribution is 2.33. The van der Waals surface area contributed by atoms with E-state index in [2.05, 4.69) is 17.0 Å². The molecule has 20 heavy (non-hydrogen) atoms. The fourth-order valence-corrected chi connectivity index (χ4v) is 2.24. The van der Waals surface area contributed by atoms with Crippen LogP contribution in [0.2, 0.25) is 0 Å². The van der Waals surface area contributed by atoms with Crippen molar-refractivity contribution in [2.45, 2.75) is 51.9 Å². The smallest absolute Gasteiger partial charge is 0.405 e. The molecule has 0 radical (unpaired) electrons. The Kier molecular flexibility index (Phi) is 6.33. The standard InChI is InChI=1S/C15H22F3NO/c1-4-9-19-12(3)10-11(2)13-7-5-6-8-14(13)20-15(16,17)18/h5-8,11-12,19H,4,9-10H2,1-3H3. The Balaban J connectivity index is 2.74. The number of ether oxygens (including phenoxy) is 1. The molecule has 0 heterocycles. The van der Waals surface area contributed by atoms with Crippen molar-refractivity contribution in [1.82, 2.24) is 5.32 Å². The molecule has 0 bridgehead atoms. The molecule has 1 N–H and O–H groups in total. The van der Waals surface area contributed by atoms with Crippen LogP contribution in [0.5, 0.6) is 5.75 Å². The van der Waals surface area contributed by atoms with Crippen molar-refractivity contribution < 1.29 is 17.9 Å². The number of benzene rings is 1. The predicted octanol–water partition coefficient (Wildman–Crippen LogP) is 4.47. The largest absolute Gasteiger partial charge is 0.573 e. The van der Waals surface area contributed by atoms with E-state index in [0.29, 0.717) is 5.56 Å². The summed E-state index contributed by atoms with van der Waals surface area (Å²) in [5.41, 5.74) is 0.593. The number of hydrogen-bond acceptors (Lipinski definition) is 2. The molecule has 114 valence electrons. The molecule has 2 nitrogen and oxygen atoms in total. The van der Waals surface area contributed by atoms with Gasteiger partial charge in [-0.2, -0.15) is 0 Å². The molecule has 0 fully saturated rings. The first-order valence-corrected chi connectivity index (χ1v) is 6.91. The first kappa shape index (κ1) is 16.8. The van der Waals surface area contributed by atoms with E-state index in [9.17, 15) is 13.2 Å². The van der Waals surface area contributed by atoms with Crippen molar-refractivity contribution in [2.24, 2.45) is 0 Å². The van der Waals surface area contributed by atoms with Crippen molar-refractivity contribution in [3.63, 3.8) is 0 Å². The Morgan fingerprint density at radius 3 is 2.45 bits per heavy atom. The molecule has 0 saturated carbocycles. The zero-order valence-electron chi connectivity index (χ0n) is 12.1. The molecular formula is C15H22F3NO. The average molecular weight is 289 g/mol. The van der Waals surface area contributed by atoms with Gasteiger partial charge in [0.1, 0.15) is 5.75 Å². The van der Waals surface area contributed by atoms with Crippen molar-refractivity contribution in [1.29, 1.82) is 0 Å². The summed E-state index contributed by atoms with van der Waals surface area (Å²) >= 11 is 0. The maximum Gasteiger partial charge on any atom is 0.573 e. The van der Waals surface area contributed by atoms with Gasteiger partial charge in [0.25, 0.3) is 0 Å². The summed E-state index contributed by atoms with van der Waals surface area (Å²) in [7, 11) is 0. The van der Waals surface area contributed by atoms with Crippen molar-refractivity contribution in [3.05, 3.63) is 29.8 Å². The van der Waals surface area contributed by atoms with Gasteiger partial charge in [0, 0.05) is 6.04 Å². The molecule has 0 aliphatic heterocycles. The zero-order valence-corrected chi connectivity index (χ0v) is 12.1. The lowest BCUT2D eigenvalue weighted by atomic mass is 9.93. The normalized spacial score (nSPS) is 14.9. The van der Waals surface area contributed by atoms with Crippen LogP contribution in [0.4, 0.5) is 13.2 Å². The zero-order chi connectivity index (χ0) is 15.2. The molecule has 0 aliphatic rings. The third-order valence-electron chi connectivity index (χ3n) is 3.13. The van der Waals surface area contributed by atoms with Crippen LogP contribution < -0.4 is 10.1 Å². The van der Waals surface area contributed by atoms with Crippen LogP contribution in [-0.2, 0) is 0 Å². The van der Waals surface area contributed by atoms with E-state index < -0.39 is 6.36 Å². The molecular weight excluding hydrogens is 267 g/mol. The molecule has 2 unspecified atom stereocenters. The lowest BCUT2D eigenvalue weighted by Crippen LogP contribution is -2.28. The summed E-state index contributed by atoms with van der Waals surface area (Å²) in [5, 5.41) is 3.34. The second-order valence-electron chi connectivity index (χ2n) is 5.08. The van der Waals surface area contributed by atoms with Crippen molar-refractivity contribution in [3.8, 4) is 5.75 Å².